The summed E-state index contributed by atoms with van der Waals surface area (Å²) in [6, 6.07) is 0. The molecule has 1 aliphatic heterocycles. The van der Waals surface area contributed by atoms with Crippen molar-refractivity contribution >= 4 is 23.1 Å². The number of nitrogens with one attached hydrogen (secondary N) is 1. The van der Waals surface area contributed by atoms with Crippen molar-refractivity contribution in [2.24, 2.45) is 17.1 Å². The van der Waals surface area contributed by atoms with Gasteiger partial charge in [-0.2, -0.15) is 0 Å². The van der Waals surface area contributed by atoms with Gasteiger partial charge in [-0.3, -0.25) is 4.79 Å². The van der Waals surface area contributed by atoms with Gasteiger partial charge < -0.3 is 20.5 Å². The Balaban J connectivity index is 2.58. The number of carbonyl (C=O) groups is 1. The summed E-state index contributed by atoms with van der Waals surface area (Å²) in [4.78, 5) is 12.6. The Hall–Kier alpha value is -0.720. The molecule has 1 unspecified atom stereocenters. The minimum Gasteiger partial charge on any atom is -0.392 e. The highest BCUT2D eigenvalue weighted by atomic mass is 32.1. The van der Waals surface area contributed by atoms with Crippen molar-refractivity contribution in [2.75, 3.05) is 33.5 Å². The molecule has 1 atom stereocenters. The van der Waals surface area contributed by atoms with Crippen molar-refractivity contribution in [1.82, 2.24) is 5.32 Å². The summed E-state index contributed by atoms with van der Waals surface area (Å²) in [7, 11) is 1.65. The van der Waals surface area contributed by atoms with E-state index in [2.05, 4.69) is 5.32 Å². The molecule has 6 heteroatoms. The third-order valence-corrected chi connectivity index (χ3v) is 3.71. The molecular weight excluding hydrogens is 252 g/mol. The predicted molar refractivity (Wildman–Crippen MR) is 73.3 cm³/mol. The SMILES string of the molecule is COCC(C)CNC(=O)C1(C(N)=S)CCOCC1. The number of carbonyl (C=O) groups excluding carboxylic acids is 1. The molecule has 1 amide bonds. The molecule has 0 bridgehead atoms. The van der Waals surface area contributed by atoms with Crippen LogP contribution in [0.25, 0.3) is 0 Å². The molecule has 0 spiro atoms. The second-order valence-electron chi connectivity index (χ2n) is 4.83. The Morgan fingerprint density at radius 1 is 1.56 bits per heavy atom. The molecule has 1 saturated heterocycles. The lowest BCUT2D eigenvalue weighted by atomic mass is 9.79. The molecule has 0 aliphatic carbocycles. The minimum absolute atomic E-state index is 0.0822. The van der Waals surface area contributed by atoms with Crippen molar-refractivity contribution in [2.45, 2.75) is 19.8 Å². The van der Waals surface area contributed by atoms with Gasteiger partial charge in [0, 0.05) is 26.9 Å². The first-order valence-electron chi connectivity index (χ1n) is 6.18. The molecule has 18 heavy (non-hydrogen) atoms. The molecular formula is C12H22N2O3S. The van der Waals surface area contributed by atoms with Gasteiger partial charge in [0.15, 0.2) is 0 Å². The molecule has 0 radical (unpaired) electrons. The first-order chi connectivity index (χ1) is 8.53. The fraction of sp³-hybridized carbons (Fsp3) is 0.833. The van der Waals surface area contributed by atoms with Gasteiger partial charge in [-0.1, -0.05) is 19.1 Å². The maximum atomic E-state index is 12.3. The summed E-state index contributed by atoms with van der Waals surface area (Å²) in [5.41, 5.74) is 5.02. The Kier molecular flexibility index (Phi) is 5.98. The van der Waals surface area contributed by atoms with Crippen LogP contribution >= 0.6 is 12.2 Å². The summed E-state index contributed by atoms with van der Waals surface area (Å²) < 4.78 is 10.3. The van der Waals surface area contributed by atoms with Crippen LogP contribution in [0.2, 0.25) is 0 Å². The van der Waals surface area contributed by atoms with Gasteiger partial charge in [-0.05, 0) is 18.8 Å². The normalized spacial score (nSPS) is 20.1. The quantitative estimate of drug-likeness (QED) is 0.689. The lowest BCUT2D eigenvalue weighted by Gasteiger charge is -2.34. The molecule has 1 heterocycles. The van der Waals surface area contributed by atoms with Crippen molar-refractivity contribution in [3.8, 4) is 0 Å². The summed E-state index contributed by atoms with van der Waals surface area (Å²) in [5, 5.41) is 2.92. The van der Waals surface area contributed by atoms with Crippen LogP contribution in [-0.4, -0.2) is 44.4 Å². The lowest BCUT2D eigenvalue weighted by molar-refractivity contribution is -0.131. The van der Waals surface area contributed by atoms with E-state index in [9.17, 15) is 4.79 Å². The van der Waals surface area contributed by atoms with E-state index >= 15 is 0 Å². The second kappa shape index (κ2) is 7.01. The molecule has 0 aromatic rings. The third kappa shape index (κ3) is 3.63. The Morgan fingerprint density at radius 2 is 2.17 bits per heavy atom. The molecule has 1 rings (SSSR count). The van der Waals surface area contributed by atoms with Crippen LogP contribution in [0.4, 0.5) is 0 Å². The number of amides is 1. The number of hydrogen-bond acceptors (Lipinski definition) is 4. The molecule has 104 valence electrons. The van der Waals surface area contributed by atoms with Crippen LogP contribution in [0, 0.1) is 11.3 Å². The van der Waals surface area contributed by atoms with Gasteiger partial charge in [-0.25, -0.2) is 0 Å². The van der Waals surface area contributed by atoms with Crippen LogP contribution in [-0.2, 0) is 14.3 Å². The van der Waals surface area contributed by atoms with Crippen molar-refractivity contribution < 1.29 is 14.3 Å². The number of hydrogen-bond donors (Lipinski definition) is 2. The van der Waals surface area contributed by atoms with Crippen molar-refractivity contribution in [1.29, 1.82) is 0 Å². The summed E-state index contributed by atoms with van der Waals surface area (Å²) in [5.74, 6) is 0.184. The smallest absolute Gasteiger partial charge is 0.233 e. The highest BCUT2D eigenvalue weighted by Gasteiger charge is 2.42. The fourth-order valence-corrected chi connectivity index (χ4v) is 2.38. The first kappa shape index (κ1) is 15.3. The maximum Gasteiger partial charge on any atom is 0.233 e. The van der Waals surface area contributed by atoms with Gasteiger partial charge in [-0.15, -0.1) is 0 Å². The zero-order chi connectivity index (χ0) is 13.6. The van der Waals surface area contributed by atoms with Crippen LogP contribution in [0.3, 0.4) is 0 Å². The van der Waals surface area contributed by atoms with E-state index in [4.69, 9.17) is 27.4 Å². The van der Waals surface area contributed by atoms with E-state index in [1.807, 2.05) is 6.92 Å². The average molecular weight is 274 g/mol. The monoisotopic (exact) mass is 274 g/mol. The van der Waals surface area contributed by atoms with E-state index in [-0.39, 0.29) is 16.8 Å². The highest BCUT2D eigenvalue weighted by Crippen LogP contribution is 2.31. The first-order valence-corrected chi connectivity index (χ1v) is 6.58. The maximum absolute atomic E-state index is 12.3. The van der Waals surface area contributed by atoms with Crippen LogP contribution in [0.5, 0.6) is 0 Å². The molecule has 3 N–H and O–H groups in total. The fourth-order valence-electron chi connectivity index (χ4n) is 2.08. The third-order valence-electron chi connectivity index (χ3n) is 3.31. The van der Waals surface area contributed by atoms with Crippen LogP contribution in [0.15, 0.2) is 0 Å². The number of nitrogens with two attached hydrogens (primary N) is 1. The molecule has 5 nitrogen and oxygen atoms in total. The number of thiocarbonyl (C=S) groups is 1. The van der Waals surface area contributed by atoms with E-state index in [0.29, 0.717) is 39.2 Å². The summed E-state index contributed by atoms with van der Waals surface area (Å²) >= 11 is 5.07. The van der Waals surface area contributed by atoms with E-state index in [1.54, 1.807) is 7.11 Å². The van der Waals surface area contributed by atoms with Gasteiger partial charge in [0.2, 0.25) is 5.91 Å². The zero-order valence-corrected chi connectivity index (χ0v) is 11.8. The number of methoxy groups -OCH3 is 1. The van der Waals surface area contributed by atoms with Gasteiger partial charge >= 0.3 is 0 Å². The molecule has 1 fully saturated rings. The summed E-state index contributed by atoms with van der Waals surface area (Å²) in [6.07, 6.45) is 1.12. The largest absolute Gasteiger partial charge is 0.392 e. The van der Waals surface area contributed by atoms with Gasteiger partial charge in [0.05, 0.1) is 11.6 Å². The predicted octanol–water partition coefficient (Wildman–Crippen LogP) is 0.468. The summed E-state index contributed by atoms with van der Waals surface area (Å²) in [6.45, 7) is 4.25. The Labute approximate surface area is 113 Å². The molecule has 0 saturated carbocycles. The Morgan fingerprint density at radius 3 is 2.67 bits per heavy atom. The topological polar surface area (TPSA) is 73.6 Å². The standard InChI is InChI=1S/C12H22N2O3S/c1-9(8-16-2)7-14-11(15)12(10(13)18)3-5-17-6-4-12/h9H,3-8H2,1-2H3,(H2,13,18)(H,14,15). The molecule has 0 aromatic carbocycles. The van der Waals surface area contributed by atoms with E-state index < -0.39 is 5.41 Å². The molecule has 1 aliphatic rings. The molecule has 0 aromatic heterocycles. The van der Waals surface area contributed by atoms with Crippen molar-refractivity contribution in [3.63, 3.8) is 0 Å². The van der Waals surface area contributed by atoms with Crippen LogP contribution < -0.4 is 11.1 Å². The lowest BCUT2D eigenvalue weighted by Crippen LogP contribution is -2.52. The number of ether oxygens (including phenoxy) is 2. The second-order valence-corrected chi connectivity index (χ2v) is 5.27. The highest BCUT2D eigenvalue weighted by molar-refractivity contribution is 7.80. The average Bonchev–Trinajstić information content (AvgIpc) is 2.37. The minimum atomic E-state index is -0.736. The zero-order valence-electron chi connectivity index (χ0n) is 11.0. The van der Waals surface area contributed by atoms with Gasteiger partial charge in [0.1, 0.15) is 5.41 Å². The van der Waals surface area contributed by atoms with Crippen molar-refractivity contribution in [3.05, 3.63) is 0 Å². The van der Waals surface area contributed by atoms with E-state index in [1.165, 1.54) is 0 Å². The van der Waals surface area contributed by atoms with E-state index in [0.717, 1.165) is 0 Å². The Bertz CT molecular complexity index is 304. The van der Waals surface area contributed by atoms with Gasteiger partial charge in [0.25, 0.3) is 0 Å². The van der Waals surface area contributed by atoms with Crippen LogP contribution in [0.1, 0.15) is 19.8 Å². The number of rotatable bonds is 6.